The number of pyridine rings is 1. The van der Waals surface area contributed by atoms with Gasteiger partial charge in [-0.3, -0.25) is 0 Å². The topological polar surface area (TPSA) is 103 Å². The average molecular weight is 279 g/mol. The summed E-state index contributed by atoms with van der Waals surface area (Å²) < 4.78 is 0. The number of carbonyl (C=O) groups excluding carboxylic acids is 1. The van der Waals surface area contributed by atoms with Crippen LogP contribution in [-0.2, 0) is 0 Å². The van der Waals surface area contributed by atoms with Crippen molar-refractivity contribution in [1.29, 1.82) is 0 Å². The molecular formula is C13H17N3O4. The number of carboxylic acid groups (broad SMARTS) is 1. The summed E-state index contributed by atoms with van der Waals surface area (Å²) in [7, 11) is 0. The van der Waals surface area contributed by atoms with Crippen molar-refractivity contribution in [2.24, 2.45) is 5.92 Å². The molecular weight excluding hydrogens is 262 g/mol. The molecule has 2 atom stereocenters. The molecule has 7 nitrogen and oxygen atoms in total. The third kappa shape index (κ3) is 3.05. The van der Waals surface area contributed by atoms with Crippen LogP contribution < -0.4 is 5.32 Å². The largest absolute Gasteiger partial charge is 0.476 e. The molecule has 0 spiro atoms. The molecule has 7 heteroatoms. The number of aliphatic hydroxyl groups excluding tert-OH is 1. The van der Waals surface area contributed by atoms with Gasteiger partial charge in [-0.2, -0.15) is 0 Å². The van der Waals surface area contributed by atoms with Crippen molar-refractivity contribution in [3.8, 4) is 0 Å². The predicted molar refractivity (Wildman–Crippen MR) is 71.6 cm³/mol. The monoisotopic (exact) mass is 279 g/mol. The number of carbonyl (C=O) groups is 2. The van der Waals surface area contributed by atoms with Crippen molar-refractivity contribution in [3.63, 3.8) is 0 Å². The van der Waals surface area contributed by atoms with E-state index in [0.717, 1.165) is 6.42 Å². The zero-order valence-corrected chi connectivity index (χ0v) is 11.1. The maximum absolute atomic E-state index is 12.1. The van der Waals surface area contributed by atoms with E-state index in [-0.39, 0.29) is 23.3 Å². The molecule has 0 bridgehead atoms. The highest BCUT2D eigenvalue weighted by Crippen LogP contribution is 2.21. The maximum Gasteiger partial charge on any atom is 0.356 e. The van der Waals surface area contributed by atoms with Gasteiger partial charge < -0.3 is 20.4 Å². The molecule has 1 saturated heterocycles. The van der Waals surface area contributed by atoms with Crippen molar-refractivity contribution in [2.75, 3.05) is 18.4 Å². The number of urea groups is 1. The number of nitrogens with zero attached hydrogens (tertiary/aromatic N) is 2. The number of hydrogen-bond acceptors (Lipinski definition) is 4. The molecule has 0 saturated carbocycles. The summed E-state index contributed by atoms with van der Waals surface area (Å²) in [6.07, 6.45) is 1.64. The first-order valence-electron chi connectivity index (χ1n) is 6.41. The third-order valence-corrected chi connectivity index (χ3v) is 3.45. The van der Waals surface area contributed by atoms with Gasteiger partial charge in [0.2, 0.25) is 0 Å². The first-order chi connectivity index (χ1) is 9.49. The minimum absolute atomic E-state index is 0.0635. The Morgan fingerprint density at radius 2 is 2.30 bits per heavy atom. The second kappa shape index (κ2) is 5.87. The lowest BCUT2D eigenvalue weighted by molar-refractivity contribution is 0.0691. The highest BCUT2D eigenvalue weighted by molar-refractivity contribution is 5.98. The van der Waals surface area contributed by atoms with Crippen LogP contribution in [0.5, 0.6) is 0 Å². The molecule has 2 unspecified atom stereocenters. The van der Waals surface area contributed by atoms with Crippen LogP contribution in [0, 0.1) is 5.92 Å². The lowest BCUT2D eigenvalue weighted by Crippen LogP contribution is -2.34. The number of likely N-dealkylation sites (tertiary alicyclic amines) is 1. The van der Waals surface area contributed by atoms with Crippen LogP contribution in [-0.4, -0.2) is 51.3 Å². The smallest absolute Gasteiger partial charge is 0.356 e. The number of carboxylic acids is 1. The zero-order chi connectivity index (χ0) is 14.7. The Morgan fingerprint density at radius 3 is 2.90 bits per heavy atom. The Morgan fingerprint density at radius 1 is 1.55 bits per heavy atom. The Hall–Kier alpha value is -2.15. The molecule has 0 aliphatic carbocycles. The third-order valence-electron chi connectivity index (χ3n) is 3.45. The number of amides is 2. The van der Waals surface area contributed by atoms with Gasteiger partial charge in [-0.05, 0) is 25.5 Å². The minimum Gasteiger partial charge on any atom is -0.476 e. The van der Waals surface area contributed by atoms with Gasteiger partial charge in [0.25, 0.3) is 0 Å². The van der Waals surface area contributed by atoms with E-state index >= 15 is 0 Å². The van der Waals surface area contributed by atoms with Gasteiger partial charge in [-0.25, -0.2) is 14.6 Å². The van der Waals surface area contributed by atoms with E-state index < -0.39 is 12.1 Å². The summed E-state index contributed by atoms with van der Waals surface area (Å²) in [5, 5.41) is 21.1. The van der Waals surface area contributed by atoms with Crippen molar-refractivity contribution in [2.45, 2.75) is 19.4 Å². The summed E-state index contributed by atoms with van der Waals surface area (Å²) in [4.78, 5) is 28.4. The van der Waals surface area contributed by atoms with Crippen LogP contribution in [0.1, 0.15) is 23.8 Å². The number of anilines is 1. The van der Waals surface area contributed by atoms with Crippen molar-refractivity contribution in [3.05, 3.63) is 24.0 Å². The van der Waals surface area contributed by atoms with Crippen LogP contribution in [0.25, 0.3) is 0 Å². The summed E-state index contributed by atoms with van der Waals surface area (Å²) in [6.45, 7) is 2.71. The van der Waals surface area contributed by atoms with Crippen molar-refractivity contribution < 1.29 is 19.8 Å². The molecule has 1 aromatic heterocycles. The second-order valence-corrected chi connectivity index (χ2v) is 4.87. The Kier molecular flexibility index (Phi) is 4.19. The summed E-state index contributed by atoms with van der Waals surface area (Å²) in [5.41, 5.74) is -0.0161. The lowest BCUT2D eigenvalue weighted by Gasteiger charge is -2.18. The van der Waals surface area contributed by atoms with Gasteiger partial charge in [-0.1, -0.05) is 0 Å². The highest BCUT2D eigenvalue weighted by atomic mass is 16.4. The van der Waals surface area contributed by atoms with E-state index in [2.05, 4.69) is 10.3 Å². The summed E-state index contributed by atoms with van der Waals surface area (Å²) >= 11 is 0. The molecule has 1 aliphatic heterocycles. The molecule has 2 heterocycles. The number of aromatic carboxylic acids is 1. The van der Waals surface area contributed by atoms with E-state index in [1.807, 2.05) is 0 Å². The van der Waals surface area contributed by atoms with Gasteiger partial charge in [0.05, 0.1) is 11.8 Å². The summed E-state index contributed by atoms with van der Waals surface area (Å²) in [5.74, 6) is -1.13. The Balaban J connectivity index is 2.04. The van der Waals surface area contributed by atoms with Gasteiger partial charge in [-0.15, -0.1) is 0 Å². The molecule has 108 valence electrons. The van der Waals surface area contributed by atoms with Gasteiger partial charge >= 0.3 is 12.0 Å². The lowest BCUT2D eigenvalue weighted by atomic mass is 10.0. The standard InChI is InChI=1S/C13H17N3O4/c1-8(17)9-4-6-16(7-9)13(20)15-10-3-2-5-14-11(10)12(18)19/h2-3,5,8-9,17H,4,6-7H2,1H3,(H,15,20)(H,18,19). The molecule has 3 N–H and O–H groups in total. The van der Waals surface area contributed by atoms with Crippen LogP contribution in [0.2, 0.25) is 0 Å². The van der Waals surface area contributed by atoms with E-state index in [1.165, 1.54) is 12.3 Å². The fourth-order valence-electron chi connectivity index (χ4n) is 2.24. The molecule has 0 radical (unpaired) electrons. The van der Waals surface area contributed by atoms with Crippen molar-refractivity contribution in [1.82, 2.24) is 9.88 Å². The fraction of sp³-hybridized carbons (Fsp3) is 0.462. The van der Waals surface area contributed by atoms with Crippen LogP contribution in [0.3, 0.4) is 0 Å². The summed E-state index contributed by atoms with van der Waals surface area (Å²) in [6, 6.07) is 2.69. The average Bonchev–Trinajstić information content (AvgIpc) is 2.89. The predicted octanol–water partition coefficient (Wildman–Crippen LogP) is 1.01. The molecule has 2 amide bonds. The number of hydrogen-bond donors (Lipinski definition) is 3. The van der Waals surface area contributed by atoms with E-state index in [0.29, 0.717) is 13.1 Å². The number of nitrogens with one attached hydrogen (secondary N) is 1. The minimum atomic E-state index is -1.19. The molecule has 1 aromatic rings. The normalized spacial score (nSPS) is 19.7. The zero-order valence-electron chi connectivity index (χ0n) is 11.1. The molecule has 2 rings (SSSR count). The van der Waals surface area contributed by atoms with Crippen LogP contribution >= 0.6 is 0 Å². The number of rotatable bonds is 3. The Labute approximate surface area is 116 Å². The van der Waals surface area contributed by atoms with E-state index in [1.54, 1.807) is 17.9 Å². The first-order valence-corrected chi connectivity index (χ1v) is 6.41. The number of aliphatic hydroxyl groups is 1. The van der Waals surface area contributed by atoms with E-state index in [9.17, 15) is 14.7 Å². The second-order valence-electron chi connectivity index (χ2n) is 4.87. The van der Waals surface area contributed by atoms with E-state index in [4.69, 9.17) is 5.11 Å². The van der Waals surface area contributed by atoms with Gasteiger partial charge in [0.15, 0.2) is 5.69 Å². The van der Waals surface area contributed by atoms with Crippen LogP contribution in [0.15, 0.2) is 18.3 Å². The highest BCUT2D eigenvalue weighted by Gasteiger charge is 2.29. The number of aromatic nitrogens is 1. The Bertz CT molecular complexity index is 518. The molecule has 0 aromatic carbocycles. The fourth-order valence-corrected chi connectivity index (χ4v) is 2.24. The van der Waals surface area contributed by atoms with Crippen molar-refractivity contribution >= 4 is 17.7 Å². The van der Waals surface area contributed by atoms with Gasteiger partial charge in [0, 0.05) is 25.2 Å². The maximum atomic E-state index is 12.1. The first kappa shape index (κ1) is 14.3. The molecule has 1 aliphatic rings. The molecule has 1 fully saturated rings. The van der Waals surface area contributed by atoms with Gasteiger partial charge in [0.1, 0.15) is 0 Å². The molecule has 20 heavy (non-hydrogen) atoms. The van der Waals surface area contributed by atoms with Crippen LogP contribution in [0.4, 0.5) is 10.5 Å². The quantitative estimate of drug-likeness (QED) is 0.766. The SMILES string of the molecule is CC(O)C1CCN(C(=O)Nc2cccnc2C(=O)O)C1.